The van der Waals surface area contributed by atoms with Crippen LogP contribution in [0.3, 0.4) is 0 Å². The van der Waals surface area contributed by atoms with Crippen LogP contribution in [-0.4, -0.2) is 53.2 Å². The van der Waals surface area contributed by atoms with Gasteiger partial charge in [0.2, 0.25) is 0 Å². The molecule has 1 aromatic carbocycles. The van der Waals surface area contributed by atoms with Crippen molar-refractivity contribution in [3.63, 3.8) is 0 Å². The second kappa shape index (κ2) is 9.66. The lowest BCUT2D eigenvalue weighted by Gasteiger charge is -2.65. The first kappa shape index (κ1) is 27.7. The Morgan fingerprint density at radius 2 is 1.74 bits per heavy atom. The maximum atomic E-state index is 15.1. The van der Waals surface area contributed by atoms with Crippen LogP contribution in [-0.2, 0) is 4.74 Å². The van der Waals surface area contributed by atoms with Crippen molar-refractivity contribution in [1.29, 1.82) is 0 Å². The molecule has 1 aliphatic heterocycles. The number of benzene rings is 1. The maximum Gasteiger partial charge on any atom is 0.407 e. The minimum absolute atomic E-state index is 0.0503. The molecule has 4 saturated carbocycles. The van der Waals surface area contributed by atoms with Gasteiger partial charge in [0.25, 0.3) is 5.91 Å². The van der Waals surface area contributed by atoms with Gasteiger partial charge in [-0.2, -0.15) is 0 Å². The van der Waals surface area contributed by atoms with Crippen LogP contribution >= 0.6 is 0 Å². The van der Waals surface area contributed by atoms with Crippen LogP contribution in [0.15, 0.2) is 18.2 Å². The molecule has 0 aromatic heterocycles. The summed E-state index contributed by atoms with van der Waals surface area (Å²) in [6.07, 6.45) is 7.52. The highest BCUT2D eigenvalue weighted by molar-refractivity contribution is 5.96. The molecule has 214 valence electrons. The lowest BCUT2D eigenvalue weighted by molar-refractivity contribution is -0.113. The van der Waals surface area contributed by atoms with Crippen LogP contribution in [0, 0.1) is 22.6 Å². The second-order valence-electron chi connectivity index (χ2n) is 14.4. The number of amides is 4. The van der Waals surface area contributed by atoms with E-state index in [4.69, 9.17) is 4.74 Å². The molecule has 39 heavy (non-hydrogen) atoms. The van der Waals surface area contributed by atoms with Crippen LogP contribution in [0.1, 0.15) is 96.3 Å². The van der Waals surface area contributed by atoms with E-state index >= 15 is 4.39 Å². The minimum atomic E-state index is -0.652. The number of piperidine rings is 1. The first-order chi connectivity index (χ1) is 18.1. The molecule has 1 aromatic rings. The summed E-state index contributed by atoms with van der Waals surface area (Å²) < 4.78 is 20.4. The highest BCUT2D eigenvalue weighted by atomic mass is 19.1. The average molecular weight is 543 g/mol. The Kier molecular flexibility index (Phi) is 6.87. The average Bonchev–Trinajstić information content (AvgIpc) is 2.76. The minimum Gasteiger partial charge on any atom is -0.444 e. The Labute approximate surface area is 230 Å². The SMILES string of the molecule is CC(C)(C)OC(=O)N[C@H]1CCCN(C(=O)c2ccc(NC(=O)NC34CC5C[C@@](C)(C3)C[C@](C)(C5)C4)c(F)c2)C1. The molecule has 0 spiro atoms. The zero-order valence-corrected chi connectivity index (χ0v) is 23.9. The highest BCUT2D eigenvalue weighted by Gasteiger charge is 2.60. The molecule has 4 bridgehead atoms. The quantitative estimate of drug-likeness (QED) is 0.446. The number of nitrogens with one attached hydrogen (secondary N) is 3. The van der Waals surface area contributed by atoms with Gasteiger partial charge in [0, 0.05) is 30.2 Å². The van der Waals surface area contributed by atoms with E-state index in [1.807, 2.05) is 0 Å². The van der Waals surface area contributed by atoms with Crippen molar-refractivity contribution in [2.45, 2.75) is 103 Å². The molecular weight excluding hydrogens is 499 g/mol. The number of likely N-dealkylation sites (tertiary alicyclic amines) is 1. The van der Waals surface area contributed by atoms with Gasteiger partial charge in [0.1, 0.15) is 11.4 Å². The molecule has 9 heteroatoms. The highest BCUT2D eigenvalue weighted by Crippen LogP contribution is 2.66. The van der Waals surface area contributed by atoms with Crippen molar-refractivity contribution < 1.29 is 23.5 Å². The summed E-state index contributed by atoms with van der Waals surface area (Å²) in [4.78, 5) is 39.9. The van der Waals surface area contributed by atoms with Crippen molar-refractivity contribution in [3.05, 3.63) is 29.6 Å². The number of halogens is 1. The predicted molar refractivity (Wildman–Crippen MR) is 147 cm³/mol. The standard InChI is InChI=1S/C30H43FN4O4/c1-27(2,3)39-26(38)32-21-7-6-10-35(15-21)24(36)20-8-9-23(22(31)11-20)33-25(37)34-30-14-19-12-28(4,17-30)16-29(5,13-19)18-30/h8-9,11,19,21H,6-7,10,12-18H2,1-5H3,(H,32,38)(H2,33,34,37)/t19?,21-,28-,29+,30?/m0/s1. The third-order valence-electron chi connectivity index (χ3n) is 8.90. The molecule has 6 rings (SSSR count). The Morgan fingerprint density at radius 1 is 1.05 bits per heavy atom. The number of anilines is 1. The summed E-state index contributed by atoms with van der Waals surface area (Å²) >= 11 is 0. The summed E-state index contributed by atoms with van der Waals surface area (Å²) in [5.74, 6) is -0.330. The number of nitrogens with zero attached hydrogens (tertiary/aromatic N) is 1. The van der Waals surface area contributed by atoms with Gasteiger partial charge in [0.15, 0.2) is 0 Å². The first-order valence-electron chi connectivity index (χ1n) is 14.3. The van der Waals surface area contributed by atoms with Gasteiger partial charge in [-0.05, 0) is 107 Å². The molecule has 1 saturated heterocycles. The fourth-order valence-electron chi connectivity index (χ4n) is 8.67. The molecule has 5 atom stereocenters. The third kappa shape index (κ3) is 6.17. The predicted octanol–water partition coefficient (Wildman–Crippen LogP) is 5.83. The molecule has 5 aliphatic rings. The van der Waals surface area contributed by atoms with Gasteiger partial charge in [-0.15, -0.1) is 0 Å². The van der Waals surface area contributed by atoms with E-state index in [1.165, 1.54) is 31.4 Å². The van der Waals surface area contributed by atoms with Gasteiger partial charge in [-0.1, -0.05) is 13.8 Å². The van der Waals surface area contributed by atoms with Gasteiger partial charge in [-0.25, -0.2) is 14.0 Å². The number of urea groups is 1. The Morgan fingerprint density at radius 3 is 2.36 bits per heavy atom. The molecule has 2 unspecified atom stereocenters. The Hall–Kier alpha value is -2.84. The van der Waals surface area contributed by atoms with Crippen molar-refractivity contribution in [2.24, 2.45) is 16.7 Å². The summed E-state index contributed by atoms with van der Waals surface area (Å²) in [6.45, 7) is 10.9. The number of alkyl carbamates (subject to hydrolysis) is 1. The number of ether oxygens (including phenoxy) is 1. The number of hydrogen-bond donors (Lipinski definition) is 3. The van der Waals surface area contributed by atoms with E-state index in [0.29, 0.717) is 19.0 Å². The fraction of sp³-hybridized carbons (Fsp3) is 0.700. The van der Waals surface area contributed by atoms with E-state index in [9.17, 15) is 14.4 Å². The van der Waals surface area contributed by atoms with E-state index in [-0.39, 0.29) is 39.6 Å². The van der Waals surface area contributed by atoms with Crippen molar-refractivity contribution in [1.82, 2.24) is 15.5 Å². The second-order valence-corrected chi connectivity index (χ2v) is 14.4. The van der Waals surface area contributed by atoms with Crippen molar-refractivity contribution >= 4 is 23.7 Å². The molecule has 4 aliphatic carbocycles. The molecule has 3 N–H and O–H groups in total. The Balaban J connectivity index is 1.19. The van der Waals surface area contributed by atoms with E-state index in [0.717, 1.165) is 32.1 Å². The van der Waals surface area contributed by atoms with Crippen molar-refractivity contribution in [3.8, 4) is 0 Å². The van der Waals surface area contributed by atoms with Crippen LogP contribution in [0.4, 0.5) is 19.7 Å². The van der Waals surface area contributed by atoms with E-state index < -0.39 is 23.5 Å². The lowest BCUT2D eigenvalue weighted by atomic mass is 9.43. The van der Waals surface area contributed by atoms with Crippen LogP contribution in [0.25, 0.3) is 0 Å². The topological polar surface area (TPSA) is 99.8 Å². The first-order valence-corrected chi connectivity index (χ1v) is 14.3. The summed E-state index contributed by atoms with van der Waals surface area (Å²) in [5, 5.41) is 8.76. The molecule has 1 heterocycles. The van der Waals surface area contributed by atoms with E-state index in [1.54, 1.807) is 31.7 Å². The largest absolute Gasteiger partial charge is 0.444 e. The van der Waals surface area contributed by atoms with Gasteiger partial charge < -0.3 is 25.6 Å². The van der Waals surface area contributed by atoms with Crippen molar-refractivity contribution in [2.75, 3.05) is 18.4 Å². The van der Waals surface area contributed by atoms with Gasteiger partial charge in [0.05, 0.1) is 5.69 Å². The molecule has 5 fully saturated rings. The fourth-order valence-corrected chi connectivity index (χ4v) is 8.67. The summed E-state index contributed by atoms with van der Waals surface area (Å²) in [5.41, 5.74) is -0.0795. The molecule has 0 radical (unpaired) electrons. The molecule has 4 amide bonds. The zero-order valence-electron chi connectivity index (χ0n) is 23.9. The zero-order chi connectivity index (χ0) is 28.2. The Bertz CT molecular complexity index is 1150. The summed E-state index contributed by atoms with van der Waals surface area (Å²) in [7, 11) is 0. The molecular formula is C30H43FN4O4. The van der Waals surface area contributed by atoms with Gasteiger partial charge in [-0.3, -0.25) is 4.79 Å². The van der Waals surface area contributed by atoms with Gasteiger partial charge >= 0.3 is 12.1 Å². The number of carbonyl (C=O) groups is 3. The normalized spacial score (nSPS) is 33.4. The summed E-state index contributed by atoms with van der Waals surface area (Å²) in [6, 6.07) is 3.54. The lowest BCUT2D eigenvalue weighted by Crippen LogP contribution is -2.65. The van der Waals surface area contributed by atoms with E-state index in [2.05, 4.69) is 29.8 Å². The molecule has 8 nitrogen and oxygen atoms in total. The smallest absolute Gasteiger partial charge is 0.407 e. The number of hydrogen-bond acceptors (Lipinski definition) is 4. The number of carbonyl (C=O) groups excluding carboxylic acids is 3. The third-order valence-corrected chi connectivity index (χ3v) is 8.90. The van der Waals surface area contributed by atoms with Crippen LogP contribution in [0.5, 0.6) is 0 Å². The van der Waals surface area contributed by atoms with Crippen LogP contribution in [0.2, 0.25) is 0 Å². The van der Waals surface area contributed by atoms with Crippen LogP contribution < -0.4 is 16.0 Å². The monoisotopic (exact) mass is 542 g/mol. The maximum absolute atomic E-state index is 15.1. The number of rotatable bonds is 4.